The van der Waals surface area contributed by atoms with Crippen LogP contribution in [0.5, 0.6) is 5.75 Å². The summed E-state index contributed by atoms with van der Waals surface area (Å²) in [5.74, 6) is -1.97. The fourth-order valence-electron chi connectivity index (χ4n) is 1.03. The lowest BCUT2D eigenvalue weighted by molar-refractivity contribution is -0.149. The van der Waals surface area contributed by atoms with Gasteiger partial charge in [-0.2, -0.15) is 13.2 Å². The lowest BCUT2D eigenvalue weighted by Crippen LogP contribution is -2.28. The van der Waals surface area contributed by atoms with Crippen LogP contribution in [0.25, 0.3) is 0 Å². The Hall–Kier alpha value is -1.50. The van der Waals surface area contributed by atoms with Gasteiger partial charge in [0.2, 0.25) is 0 Å². The number of aromatic hydroxyl groups is 1. The van der Waals surface area contributed by atoms with E-state index in [2.05, 4.69) is 0 Å². The molecule has 5 N–H and O–H groups in total. The summed E-state index contributed by atoms with van der Waals surface area (Å²) in [7, 11) is 0. The molecule has 0 heterocycles. The Bertz CT molecular complexity index is 378. The van der Waals surface area contributed by atoms with Gasteiger partial charge in [-0.25, -0.2) is 4.39 Å². The standard InChI is InChI=1S/C8H8F4N2O/c9-4-2-1-3(6(15)5(4)13)7(14)8(10,11)12/h1-2,7,15H,13-14H2/t7-/m1/s1. The van der Waals surface area contributed by atoms with E-state index in [4.69, 9.17) is 16.6 Å². The third-order valence-corrected chi connectivity index (χ3v) is 1.88. The van der Waals surface area contributed by atoms with Gasteiger partial charge in [0.25, 0.3) is 0 Å². The van der Waals surface area contributed by atoms with Crippen LogP contribution in [-0.4, -0.2) is 11.3 Å². The lowest BCUT2D eigenvalue weighted by Gasteiger charge is -2.17. The van der Waals surface area contributed by atoms with Crippen LogP contribution in [0.15, 0.2) is 12.1 Å². The predicted octanol–water partition coefficient (Wildman–Crippen LogP) is 1.68. The maximum atomic E-state index is 12.7. The summed E-state index contributed by atoms with van der Waals surface area (Å²) in [4.78, 5) is 0. The van der Waals surface area contributed by atoms with Gasteiger partial charge in [0, 0.05) is 5.56 Å². The highest BCUT2D eigenvalue weighted by atomic mass is 19.4. The van der Waals surface area contributed by atoms with Crippen LogP contribution in [-0.2, 0) is 0 Å². The van der Waals surface area contributed by atoms with Gasteiger partial charge >= 0.3 is 6.18 Å². The lowest BCUT2D eigenvalue weighted by atomic mass is 10.0. The first-order valence-electron chi connectivity index (χ1n) is 3.84. The van der Waals surface area contributed by atoms with Gasteiger partial charge in [0.1, 0.15) is 23.3 Å². The molecule has 1 rings (SSSR count). The Morgan fingerprint density at radius 1 is 1.27 bits per heavy atom. The second-order valence-electron chi connectivity index (χ2n) is 2.92. The number of halogens is 4. The van der Waals surface area contributed by atoms with E-state index in [0.29, 0.717) is 0 Å². The Labute approximate surface area is 82.3 Å². The highest BCUT2D eigenvalue weighted by Crippen LogP contribution is 2.38. The molecule has 1 aromatic rings. The molecule has 15 heavy (non-hydrogen) atoms. The predicted molar refractivity (Wildman–Crippen MR) is 45.5 cm³/mol. The number of hydrogen-bond donors (Lipinski definition) is 3. The van der Waals surface area contributed by atoms with Gasteiger partial charge in [0.05, 0.1) is 0 Å². The summed E-state index contributed by atoms with van der Waals surface area (Å²) in [6.45, 7) is 0. The molecule has 0 spiro atoms. The fraction of sp³-hybridized carbons (Fsp3) is 0.250. The molecular formula is C8H8F4N2O. The van der Waals surface area contributed by atoms with Crippen molar-refractivity contribution in [3.63, 3.8) is 0 Å². The third kappa shape index (κ3) is 2.12. The average molecular weight is 224 g/mol. The second-order valence-corrected chi connectivity index (χ2v) is 2.92. The highest BCUT2D eigenvalue weighted by Gasteiger charge is 2.39. The van der Waals surface area contributed by atoms with E-state index >= 15 is 0 Å². The number of anilines is 1. The van der Waals surface area contributed by atoms with Crippen molar-refractivity contribution < 1.29 is 22.7 Å². The van der Waals surface area contributed by atoms with Crippen LogP contribution in [0.2, 0.25) is 0 Å². The molecule has 0 saturated heterocycles. The third-order valence-electron chi connectivity index (χ3n) is 1.88. The molecule has 0 aliphatic carbocycles. The SMILES string of the molecule is Nc1c(F)ccc([C@@H](N)C(F)(F)F)c1O. The van der Waals surface area contributed by atoms with Crippen LogP contribution in [0.1, 0.15) is 11.6 Å². The maximum Gasteiger partial charge on any atom is 0.407 e. The minimum absolute atomic E-state index is 0.651. The minimum Gasteiger partial charge on any atom is -0.505 e. The topological polar surface area (TPSA) is 72.3 Å². The summed E-state index contributed by atoms with van der Waals surface area (Å²) < 4.78 is 49.2. The molecule has 0 radical (unpaired) electrons. The molecule has 0 bridgehead atoms. The van der Waals surface area contributed by atoms with E-state index in [-0.39, 0.29) is 0 Å². The van der Waals surface area contributed by atoms with Gasteiger partial charge < -0.3 is 16.6 Å². The quantitative estimate of drug-likeness (QED) is 0.386. The van der Waals surface area contributed by atoms with Crippen LogP contribution in [0.3, 0.4) is 0 Å². The largest absolute Gasteiger partial charge is 0.505 e. The molecule has 0 unspecified atom stereocenters. The molecule has 3 nitrogen and oxygen atoms in total. The number of hydrogen-bond acceptors (Lipinski definition) is 3. The van der Waals surface area contributed by atoms with E-state index in [1.807, 2.05) is 0 Å². The van der Waals surface area contributed by atoms with E-state index in [1.54, 1.807) is 0 Å². The van der Waals surface area contributed by atoms with E-state index in [9.17, 15) is 17.6 Å². The molecule has 1 atom stereocenters. The van der Waals surface area contributed by atoms with Crippen molar-refractivity contribution in [2.75, 3.05) is 5.73 Å². The molecule has 7 heteroatoms. The monoisotopic (exact) mass is 224 g/mol. The number of alkyl halides is 3. The molecule has 0 saturated carbocycles. The normalized spacial score (nSPS) is 13.9. The highest BCUT2D eigenvalue weighted by molar-refractivity contribution is 5.57. The Morgan fingerprint density at radius 2 is 1.80 bits per heavy atom. The number of rotatable bonds is 1. The molecule has 0 fully saturated rings. The van der Waals surface area contributed by atoms with Crippen LogP contribution in [0.4, 0.5) is 23.2 Å². The smallest absolute Gasteiger partial charge is 0.407 e. The number of phenolic OH excluding ortho intramolecular Hbond substituents is 1. The number of nitrogen functional groups attached to an aromatic ring is 1. The zero-order chi connectivity index (χ0) is 11.8. The van der Waals surface area contributed by atoms with Crippen molar-refractivity contribution in [1.82, 2.24) is 0 Å². The van der Waals surface area contributed by atoms with Crippen molar-refractivity contribution >= 4 is 5.69 Å². The fourth-order valence-corrected chi connectivity index (χ4v) is 1.03. The molecule has 0 aromatic heterocycles. The van der Waals surface area contributed by atoms with Gasteiger partial charge in [-0.15, -0.1) is 0 Å². The van der Waals surface area contributed by atoms with Crippen LogP contribution in [0, 0.1) is 5.82 Å². The van der Waals surface area contributed by atoms with Gasteiger partial charge in [-0.3, -0.25) is 0 Å². The first kappa shape index (κ1) is 11.6. The Kier molecular flexibility index (Phi) is 2.76. The molecule has 84 valence electrons. The first-order chi connectivity index (χ1) is 6.75. The Balaban J connectivity index is 3.23. The van der Waals surface area contributed by atoms with E-state index < -0.39 is 35.0 Å². The maximum absolute atomic E-state index is 12.7. The molecule has 0 aliphatic rings. The van der Waals surface area contributed by atoms with Crippen LogP contribution >= 0.6 is 0 Å². The van der Waals surface area contributed by atoms with Crippen molar-refractivity contribution in [2.45, 2.75) is 12.2 Å². The zero-order valence-corrected chi connectivity index (χ0v) is 7.35. The number of phenols is 1. The minimum atomic E-state index is -4.72. The van der Waals surface area contributed by atoms with Crippen molar-refractivity contribution in [2.24, 2.45) is 5.73 Å². The van der Waals surface area contributed by atoms with Gasteiger partial charge in [-0.1, -0.05) is 6.07 Å². The molecule has 1 aromatic carbocycles. The molecule has 0 aliphatic heterocycles. The first-order valence-corrected chi connectivity index (χ1v) is 3.84. The summed E-state index contributed by atoms with van der Waals surface area (Å²) in [5, 5.41) is 9.17. The summed E-state index contributed by atoms with van der Waals surface area (Å²) in [6.07, 6.45) is -4.72. The van der Waals surface area contributed by atoms with Gasteiger partial charge in [-0.05, 0) is 6.07 Å². The molecule has 0 amide bonds. The average Bonchev–Trinajstić information content (AvgIpc) is 2.12. The summed E-state index contributed by atoms with van der Waals surface area (Å²) in [5.41, 5.74) is 8.45. The zero-order valence-electron chi connectivity index (χ0n) is 7.35. The van der Waals surface area contributed by atoms with Crippen LogP contribution < -0.4 is 11.5 Å². The van der Waals surface area contributed by atoms with Crippen molar-refractivity contribution in [1.29, 1.82) is 0 Å². The second kappa shape index (κ2) is 3.58. The summed E-state index contributed by atoms with van der Waals surface area (Å²) >= 11 is 0. The van der Waals surface area contributed by atoms with E-state index in [0.717, 1.165) is 12.1 Å². The number of nitrogens with two attached hydrogens (primary N) is 2. The summed E-state index contributed by atoms with van der Waals surface area (Å²) in [6, 6.07) is -0.921. The molecular weight excluding hydrogens is 216 g/mol. The van der Waals surface area contributed by atoms with Crippen molar-refractivity contribution in [3.8, 4) is 5.75 Å². The number of benzene rings is 1. The van der Waals surface area contributed by atoms with Crippen molar-refractivity contribution in [3.05, 3.63) is 23.5 Å². The Morgan fingerprint density at radius 3 is 2.27 bits per heavy atom. The van der Waals surface area contributed by atoms with Gasteiger partial charge in [0.15, 0.2) is 0 Å². The van der Waals surface area contributed by atoms with E-state index in [1.165, 1.54) is 0 Å².